The molecule has 3 aromatic rings. The first-order chi connectivity index (χ1) is 16.1. The van der Waals surface area contributed by atoms with Crippen LogP contribution in [0.25, 0.3) is 0 Å². The second-order valence-electron chi connectivity index (χ2n) is 8.87. The molecule has 0 aliphatic heterocycles. The molecule has 1 aromatic carbocycles. The fraction of sp³-hybridized carbons (Fsp3) is 0.458. The summed E-state index contributed by atoms with van der Waals surface area (Å²) in [5, 5.41) is 12.4. The van der Waals surface area contributed by atoms with Crippen LogP contribution in [0.4, 0.5) is 36.4 Å². The van der Waals surface area contributed by atoms with Crippen LogP contribution in [0.15, 0.2) is 24.4 Å². The molecule has 7 nitrogen and oxygen atoms in total. The van der Waals surface area contributed by atoms with Crippen LogP contribution in [0.3, 0.4) is 0 Å². The second kappa shape index (κ2) is 9.61. The molecule has 3 N–H and O–H groups in total. The van der Waals surface area contributed by atoms with Crippen molar-refractivity contribution >= 4 is 23.3 Å². The molecule has 0 amide bonds. The van der Waals surface area contributed by atoms with Crippen LogP contribution in [0, 0.1) is 20.8 Å². The molecule has 0 spiro atoms. The zero-order valence-electron chi connectivity index (χ0n) is 19.7. The number of nitrogens with zero attached hydrogens (tertiary/aromatic N) is 3. The zero-order chi connectivity index (χ0) is 24.5. The number of aromatic amines is 1. The highest BCUT2D eigenvalue weighted by Crippen LogP contribution is 2.38. The number of methoxy groups -OCH3 is 1. The minimum atomic E-state index is -4.61. The maximum absolute atomic E-state index is 13.5. The quantitative estimate of drug-likeness (QED) is 0.388. The Morgan fingerprint density at radius 1 is 1.00 bits per heavy atom. The van der Waals surface area contributed by atoms with Crippen LogP contribution >= 0.6 is 0 Å². The fourth-order valence-electron chi connectivity index (χ4n) is 4.49. The highest BCUT2D eigenvalue weighted by molar-refractivity contribution is 5.64. The maximum atomic E-state index is 13.5. The molecule has 2 aromatic heterocycles. The SMILES string of the molecule is COC1CCC(c2cc(C)c(Nc3ncc(C(F)(F)F)c(Nc4cc(C)[nH]n4)n3)cc2C)CC1. The number of anilines is 4. The van der Waals surface area contributed by atoms with Crippen molar-refractivity contribution in [2.45, 2.75) is 64.7 Å². The Bertz CT molecular complexity index is 1150. The minimum Gasteiger partial charge on any atom is -0.381 e. The highest BCUT2D eigenvalue weighted by Gasteiger charge is 2.35. The number of hydrogen-bond acceptors (Lipinski definition) is 6. The summed E-state index contributed by atoms with van der Waals surface area (Å²) in [6, 6.07) is 5.77. The van der Waals surface area contributed by atoms with Gasteiger partial charge >= 0.3 is 6.18 Å². The summed E-state index contributed by atoms with van der Waals surface area (Å²) in [5.74, 6) is 0.429. The normalized spacial score (nSPS) is 18.7. The number of benzene rings is 1. The number of rotatable bonds is 6. The molecular formula is C24H29F3N6O. The van der Waals surface area contributed by atoms with Gasteiger partial charge in [0, 0.05) is 30.8 Å². The van der Waals surface area contributed by atoms with Gasteiger partial charge in [-0.05, 0) is 75.1 Å². The summed E-state index contributed by atoms with van der Waals surface area (Å²) < 4.78 is 46.1. The third-order valence-corrected chi connectivity index (χ3v) is 6.35. The Balaban J connectivity index is 1.58. The van der Waals surface area contributed by atoms with Gasteiger partial charge in [0.2, 0.25) is 5.95 Å². The summed E-state index contributed by atoms with van der Waals surface area (Å²) in [5.41, 5.74) is 3.93. The number of aromatic nitrogens is 4. The molecule has 4 rings (SSSR count). The molecule has 0 atom stereocenters. The smallest absolute Gasteiger partial charge is 0.381 e. The van der Waals surface area contributed by atoms with Crippen molar-refractivity contribution < 1.29 is 17.9 Å². The number of aryl methyl sites for hydroxylation is 3. The molecule has 2 heterocycles. The maximum Gasteiger partial charge on any atom is 0.421 e. The van der Waals surface area contributed by atoms with Crippen LogP contribution in [0.5, 0.6) is 0 Å². The van der Waals surface area contributed by atoms with Crippen LogP contribution in [0.2, 0.25) is 0 Å². The zero-order valence-corrected chi connectivity index (χ0v) is 19.7. The van der Waals surface area contributed by atoms with Gasteiger partial charge in [0.05, 0.1) is 6.10 Å². The third-order valence-electron chi connectivity index (χ3n) is 6.35. The van der Waals surface area contributed by atoms with Crippen LogP contribution < -0.4 is 10.6 Å². The van der Waals surface area contributed by atoms with E-state index in [1.165, 1.54) is 5.56 Å². The van der Waals surface area contributed by atoms with Crippen molar-refractivity contribution in [1.29, 1.82) is 0 Å². The average Bonchev–Trinajstić information content (AvgIpc) is 3.20. The van der Waals surface area contributed by atoms with E-state index in [0.717, 1.165) is 48.7 Å². The first-order valence-electron chi connectivity index (χ1n) is 11.3. The minimum absolute atomic E-state index is 0.0682. The van der Waals surface area contributed by atoms with Crippen LogP contribution in [0.1, 0.15) is 59.5 Å². The summed E-state index contributed by atoms with van der Waals surface area (Å²) in [6.45, 7) is 5.79. The van der Waals surface area contributed by atoms with E-state index in [9.17, 15) is 13.2 Å². The van der Waals surface area contributed by atoms with E-state index in [2.05, 4.69) is 43.8 Å². The second-order valence-corrected chi connectivity index (χ2v) is 8.87. The van der Waals surface area contributed by atoms with Crippen LogP contribution in [-0.4, -0.2) is 33.4 Å². The van der Waals surface area contributed by atoms with E-state index < -0.39 is 11.7 Å². The standard InChI is InChI=1S/C24H29F3N6O/c1-13-10-20(14(2)9-18(13)16-5-7-17(34-4)8-6-16)29-23-28-12-19(24(25,26)27)22(31-23)30-21-11-15(3)32-33-21/h9-12,16-17H,5-8H2,1-4H3,(H3,28,29,30,31,32,33). The summed E-state index contributed by atoms with van der Waals surface area (Å²) in [7, 11) is 1.76. The third kappa shape index (κ3) is 5.32. The predicted octanol–water partition coefficient (Wildman–Crippen LogP) is 6.30. The average molecular weight is 475 g/mol. The van der Waals surface area contributed by atoms with E-state index >= 15 is 0 Å². The molecule has 10 heteroatoms. The van der Waals surface area contributed by atoms with Crippen molar-refractivity contribution in [3.05, 3.63) is 52.3 Å². The van der Waals surface area contributed by atoms with E-state index in [-0.39, 0.29) is 17.6 Å². The Morgan fingerprint density at radius 2 is 1.74 bits per heavy atom. The fourth-order valence-corrected chi connectivity index (χ4v) is 4.49. The molecule has 1 aliphatic rings. The molecule has 182 valence electrons. The number of halogens is 3. The predicted molar refractivity (Wildman–Crippen MR) is 125 cm³/mol. The van der Waals surface area contributed by atoms with Gasteiger partial charge in [-0.15, -0.1) is 0 Å². The Kier molecular flexibility index (Phi) is 6.79. The van der Waals surface area contributed by atoms with Crippen molar-refractivity contribution in [3.8, 4) is 0 Å². The lowest BCUT2D eigenvalue weighted by Crippen LogP contribution is -2.20. The molecule has 0 bridgehead atoms. The number of nitrogens with one attached hydrogen (secondary N) is 3. The Hall–Kier alpha value is -3.14. The topological polar surface area (TPSA) is 87.8 Å². The highest BCUT2D eigenvalue weighted by atomic mass is 19.4. The van der Waals surface area contributed by atoms with Gasteiger partial charge in [-0.1, -0.05) is 6.07 Å². The molecule has 1 fully saturated rings. The lowest BCUT2D eigenvalue weighted by atomic mass is 9.80. The number of hydrogen-bond donors (Lipinski definition) is 3. The van der Waals surface area contributed by atoms with Crippen molar-refractivity contribution in [3.63, 3.8) is 0 Å². The summed E-state index contributed by atoms with van der Waals surface area (Å²) >= 11 is 0. The Labute approximate surface area is 196 Å². The van der Waals surface area contributed by atoms with E-state index in [1.54, 1.807) is 20.1 Å². The van der Waals surface area contributed by atoms with Gasteiger partial charge in [0.1, 0.15) is 11.4 Å². The number of ether oxygens (including phenoxy) is 1. The number of H-pyrrole nitrogens is 1. The molecule has 0 unspecified atom stereocenters. The van der Waals surface area contributed by atoms with E-state index in [0.29, 0.717) is 17.7 Å². The number of alkyl halides is 3. The molecular weight excluding hydrogens is 445 g/mol. The van der Waals surface area contributed by atoms with Gasteiger partial charge in [0.15, 0.2) is 5.82 Å². The van der Waals surface area contributed by atoms with Gasteiger partial charge in [-0.25, -0.2) is 4.98 Å². The monoisotopic (exact) mass is 474 g/mol. The van der Waals surface area contributed by atoms with E-state index in [4.69, 9.17) is 4.74 Å². The lowest BCUT2D eigenvalue weighted by molar-refractivity contribution is -0.137. The van der Waals surface area contributed by atoms with Gasteiger partial charge in [-0.2, -0.15) is 23.3 Å². The Morgan fingerprint density at radius 3 is 2.35 bits per heavy atom. The molecule has 0 radical (unpaired) electrons. The van der Waals surface area contributed by atoms with Crippen molar-refractivity contribution in [2.24, 2.45) is 0 Å². The lowest BCUT2D eigenvalue weighted by Gasteiger charge is -2.29. The molecule has 0 saturated heterocycles. The molecule has 34 heavy (non-hydrogen) atoms. The summed E-state index contributed by atoms with van der Waals surface area (Å²) in [4.78, 5) is 8.04. The van der Waals surface area contributed by atoms with Crippen molar-refractivity contribution in [2.75, 3.05) is 17.7 Å². The van der Waals surface area contributed by atoms with Gasteiger partial charge < -0.3 is 15.4 Å². The van der Waals surface area contributed by atoms with Crippen LogP contribution in [-0.2, 0) is 10.9 Å². The first kappa shape index (κ1) is 24.0. The molecule has 1 saturated carbocycles. The van der Waals surface area contributed by atoms with Crippen molar-refractivity contribution in [1.82, 2.24) is 20.2 Å². The van der Waals surface area contributed by atoms with Gasteiger partial charge in [-0.3, -0.25) is 5.10 Å². The molecule has 1 aliphatic carbocycles. The largest absolute Gasteiger partial charge is 0.421 e. The van der Waals surface area contributed by atoms with Gasteiger partial charge in [0.25, 0.3) is 0 Å². The van der Waals surface area contributed by atoms with E-state index in [1.807, 2.05) is 13.0 Å². The summed E-state index contributed by atoms with van der Waals surface area (Å²) in [6.07, 6.45) is 0.757. The first-order valence-corrected chi connectivity index (χ1v) is 11.3.